The van der Waals surface area contributed by atoms with Gasteiger partial charge in [-0.1, -0.05) is 0 Å². The fraction of sp³-hybridized carbons (Fsp3) is 0.571. The van der Waals surface area contributed by atoms with Crippen LogP contribution in [0.1, 0.15) is 11.6 Å². The molecule has 1 saturated heterocycles. The summed E-state index contributed by atoms with van der Waals surface area (Å²) in [5.41, 5.74) is 1.11. The van der Waals surface area contributed by atoms with E-state index < -0.39 is 0 Å². The normalized spacial score (nSPS) is 27.0. The Morgan fingerprint density at radius 2 is 2.37 bits per heavy atom. The second-order valence-electron chi connectivity index (χ2n) is 5.25. The number of fused-ring (bicyclic) bond motifs is 1. The SMILES string of the molecule is CN1CCOC(CNC2COc3cc(O)ccc32)C1. The van der Waals surface area contributed by atoms with Crippen LogP contribution in [0.3, 0.4) is 0 Å². The van der Waals surface area contributed by atoms with Crippen molar-refractivity contribution in [3.05, 3.63) is 23.8 Å². The van der Waals surface area contributed by atoms with Crippen molar-refractivity contribution >= 4 is 0 Å². The maximum Gasteiger partial charge on any atom is 0.127 e. The Hall–Kier alpha value is -1.30. The average molecular weight is 264 g/mol. The summed E-state index contributed by atoms with van der Waals surface area (Å²) in [5, 5.41) is 12.9. The molecule has 0 amide bonds. The molecule has 0 saturated carbocycles. The molecule has 0 spiro atoms. The molecule has 1 fully saturated rings. The Morgan fingerprint density at radius 1 is 1.47 bits per heavy atom. The molecule has 5 nitrogen and oxygen atoms in total. The summed E-state index contributed by atoms with van der Waals surface area (Å²) in [6.45, 7) is 4.20. The van der Waals surface area contributed by atoms with Gasteiger partial charge in [0, 0.05) is 31.3 Å². The lowest BCUT2D eigenvalue weighted by atomic mass is 10.1. The standard InChI is InChI=1S/C14H20N2O3/c1-16-4-5-18-11(8-16)7-15-13-9-19-14-6-10(17)2-3-12(13)14/h2-3,6,11,13,15,17H,4-5,7-9H2,1H3. The number of nitrogens with one attached hydrogen (secondary N) is 1. The number of nitrogens with zero attached hydrogens (tertiary/aromatic N) is 1. The van der Waals surface area contributed by atoms with Gasteiger partial charge in [0.05, 0.1) is 18.8 Å². The minimum atomic E-state index is 0.187. The number of likely N-dealkylation sites (N-methyl/N-ethyl adjacent to an activating group) is 1. The van der Waals surface area contributed by atoms with Crippen LogP contribution in [0.5, 0.6) is 11.5 Å². The quantitative estimate of drug-likeness (QED) is 0.843. The third-order valence-corrected chi connectivity index (χ3v) is 3.71. The van der Waals surface area contributed by atoms with Crippen molar-refractivity contribution in [1.82, 2.24) is 10.2 Å². The van der Waals surface area contributed by atoms with Crippen LogP contribution in [0.25, 0.3) is 0 Å². The molecule has 0 radical (unpaired) electrons. The van der Waals surface area contributed by atoms with Crippen molar-refractivity contribution in [2.24, 2.45) is 0 Å². The molecule has 2 aliphatic heterocycles. The van der Waals surface area contributed by atoms with Gasteiger partial charge in [-0.3, -0.25) is 0 Å². The van der Waals surface area contributed by atoms with E-state index in [9.17, 15) is 5.11 Å². The Balaban J connectivity index is 1.57. The fourth-order valence-electron chi connectivity index (χ4n) is 2.63. The molecule has 104 valence electrons. The van der Waals surface area contributed by atoms with E-state index in [2.05, 4.69) is 17.3 Å². The van der Waals surface area contributed by atoms with Crippen LogP contribution in [0.4, 0.5) is 0 Å². The van der Waals surface area contributed by atoms with Gasteiger partial charge < -0.3 is 24.8 Å². The van der Waals surface area contributed by atoms with E-state index in [1.165, 1.54) is 0 Å². The zero-order chi connectivity index (χ0) is 13.2. The maximum atomic E-state index is 9.42. The van der Waals surface area contributed by atoms with E-state index in [4.69, 9.17) is 9.47 Å². The maximum absolute atomic E-state index is 9.42. The minimum Gasteiger partial charge on any atom is -0.508 e. The third kappa shape index (κ3) is 2.83. The zero-order valence-electron chi connectivity index (χ0n) is 11.1. The van der Waals surface area contributed by atoms with Crippen molar-refractivity contribution < 1.29 is 14.6 Å². The number of hydrogen-bond donors (Lipinski definition) is 2. The first-order valence-electron chi connectivity index (χ1n) is 6.71. The van der Waals surface area contributed by atoms with E-state index in [0.29, 0.717) is 6.61 Å². The van der Waals surface area contributed by atoms with Crippen LogP contribution in [-0.2, 0) is 4.74 Å². The number of rotatable bonds is 3. The summed E-state index contributed by atoms with van der Waals surface area (Å²) in [6, 6.07) is 5.48. The summed E-state index contributed by atoms with van der Waals surface area (Å²) >= 11 is 0. The molecule has 3 rings (SSSR count). The smallest absolute Gasteiger partial charge is 0.127 e. The van der Waals surface area contributed by atoms with Crippen LogP contribution in [0.2, 0.25) is 0 Å². The van der Waals surface area contributed by atoms with Crippen molar-refractivity contribution in [3.63, 3.8) is 0 Å². The molecular formula is C14H20N2O3. The van der Waals surface area contributed by atoms with Gasteiger partial charge >= 0.3 is 0 Å². The van der Waals surface area contributed by atoms with Gasteiger partial charge in [-0.2, -0.15) is 0 Å². The summed E-state index contributed by atoms with van der Waals surface area (Å²) in [6.07, 6.45) is 0.236. The van der Waals surface area contributed by atoms with E-state index in [0.717, 1.165) is 37.6 Å². The number of phenolic OH excluding ortho intramolecular Hbond substituents is 1. The molecule has 0 bridgehead atoms. The second-order valence-corrected chi connectivity index (χ2v) is 5.25. The molecule has 0 aromatic heterocycles. The molecular weight excluding hydrogens is 244 g/mol. The number of morpholine rings is 1. The summed E-state index contributed by atoms with van der Waals surface area (Å²) in [7, 11) is 2.12. The van der Waals surface area contributed by atoms with Crippen molar-refractivity contribution in [2.45, 2.75) is 12.1 Å². The Kier molecular flexibility index (Phi) is 3.59. The molecule has 2 atom stereocenters. The number of ether oxygens (including phenoxy) is 2. The minimum absolute atomic E-state index is 0.187. The topological polar surface area (TPSA) is 54.0 Å². The fourth-order valence-corrected chi connectivity index (χ4v) is 2.63. The third-order valence-electron chi connectivity index (χ3n) is 3.71. The highest BCUT2D eigenvalue weighted by Gasteiger charge is 2.26. The molecule has 2 aliphatic rings. The Morgan fingerprint density at radius 3 is 3.21 bits per heavy atom. The van der Waals surface area contributed by atoms with Gasteiger partial charge in [0.25, 0.3) is 0 Å². The average Bonchev–Trinajstić information content (AvgIpc) is 2.78. The summed E-state index contributed by atoms with van der Waals surface area (Å²) in [5.74, 6) is 1.02. The van der Waals surface area contributed by atoms with E-state index >= 15 is 0 Å². The van der Waals surface area contributed by atoms with Crippen molar-refractivity contribution in [1.29, 1.82) is 0 Å². The predicted octanol–water partition coefficient (Wildman–Crippen LogP) is 0.746. The summed E-state index contributed by atoms with van der Waals surface area (Å²) in [4.78, 5) is 2.28. The van der Waals surface area contributed by atoms with Crippen molar-refractivity contribution in [2.75, 3.05) is 39.9 Å². The monoisotopic (exact) mass is 264 g/mol. The van der Waals surface area contributed by atoms with Crippen LogP contribution >= 0.6 is 0 Å². The molecule has 0 aliphatic carbocycles. The molecule has 5 heteroatoms. The number of aromatic hydroxyl groups is 1. The lowest BCUT2D eigenvalue weighted by molar-refractivity contribution is -0.0195. The highest BCUT2D eigenvalue weighted by molar-refractivity contribution is 5.44. The largest absolute Gasteiger partial charge is 0.508 e. The zero-order valence-corrected chi connectivity index (χ0v) is 11.1. The molecule has 2 N–H and O–H groups in total. The first-order valence-corrected chi connectivity index (χ1v) is 6.71. The van der Waals surface area contributed by atoms with Crippen LogP contribution in [0.15, 0.2) is 18.2 Å². The number of hydrogen-bond acceptors (Lipinski definition) is 5. The first-order chi connectivity index (χ1) is 9.22. The van der Waals surface area contributed by atoms with Gasteiger partial charge in [0.1, 0.15) is 18.1 Å². The highest BCUT2D eigenvalue weighted by Crippen LogP contribution is 2.34. The van der Waals surface area contributed by atoms with Crippen LogP contribution in [0, 0.1) is 0 Å². The second kappa shape index (κ2) is 5.36. The lowest BCUT2D eigenvalue weighted by Gasteiger charge is -2.30. The van der Waals surface area contributed by atoms with Crippen LogP contribution in [-0.4, -0.2) is 56.0 Å². The lowest BCUT2D eigenvalue weighted by Crippen LogP contribution is -2.45. The van der Waals surface area contributed by atoms with E-state index in [1.807, 2.05) is 6.07 Å². The molecule has 2 heterocycles. The van der Waals surface area contributed by atoms with E-state index in [1.54, 1.807) is 12.1 Å². The van der Waals surface area contributed by atoms with Crippen LogP contribution < -0.4 is 10.1 Å². The van der Waals surface area contributed by atoms with Gasteiger partial charge in [-0.05, 0) is 19.2 Å². The molecule has 19 heavy (non-hydrogen) atoms. The molecule has 1 aromatic carbocycles. The summed E-state index contributed by atoms with van der Waals surface area (Å²) < 4.78 is 11.3. The van der Waals surface area contributed by atoms with Gasteiger partial charge in [0.15, 0.2) is 0 Å². The van der Waals surface area contributed by atoms with Gasteiger partial charge in [-0.25, -0.2) is 0 Å². The highest BCUT2D eigenvalue weighted by atomic mass is 16.5. The predicted molar refractivity (Wildman–Crippen MR) is 71.6 cm³/mol. The van der Waals surface area contributed by atoms with Gasteiger partial charge in [0.2, 0.25) is 0 Å². The van der Waals surface area contributed by atoms with Gasteiger partial charge in [-0.15, -0.1) is 0 Å². The van der Waals surface area contributed by atoms with Crippen molar-refractivity contribution in [3.8, 4) is 11.5 Å². The Labute approximate surface area is 113 Å². The number of phenols is 1. The number of benzene rings is 1. The van der Waals surface area contributed by atoms with E-state index in [-0.39, 0.29) is 17.9 Å². The Bertz CT molecular complexity index is 452. The first kappa shape index (κ1) is 12.7. The molecule has 2 unspecified atom stereocenters. The molecule has 1 aromatic rings.